The van der Waals surface area contributed by atoms with Gasteiger partial charge in [-0.05, 0) is 36.0 Å². The molecule has 1 rings (SSSR count). The van der Waals surface area contributed by atoms with Crippen molar-refractivity contribution >= 4 is 17.8 Å². The molecule has 0 aliphatic carbocycles. The highest BCUT2D eigenvalue weighted by Gasteiger charge is 2.29. The molecular formula is C21H32N2O4. The number of hydrogen-bond donors (Lipinski definition) is 1. The molecular weight excluding hydrogens is 344 g/mol. The van der Waals surface area contributed by atoms with Gasteiger partial charge in [-0.3, -0.25) is 9.59 Å². The van der Waals surface area contributed by atoms with Gasteiger partial charge in [0.15, 0.2) is 6.10 Å². The van der Waals surface area contributed by atoms with Gasteiger partial charge in [0.2, 0.25) is 0 Å². The summed E-state index contributed by atoms with van der Waals surface area (Å²) in [6.07, 6.45) is -0.906. The van der Waals surface area contributed by atoms with Crippen LogP contribution in [0.1, 0.15) is 57.5 Å². The maximum atomic E-state index is 12.6. The zero-order valence-corrected chi connectivity index (χ0v) is 17.6. The van der Waals surface area contributed by atoms with Crippen LogP contribution in [0.2, 0.25) is 0 Å². The van der Waals surface area contributed by atoms with Crippen LogP contribution in [0, 0.1) is 5.92 Å². The molecule has 1 N–H and O–H groups in total. The van der Waals surface area contributed by atoms with Crippen LogP contribution in [-0.4, -0.2) is 48.9 Å². The van der Waals surface area contributed by atoms with Crippen molar-refractivity contribution in [3.05, 3.63) is 35.4 Å². The molecule has 0 bridgehead atoms. The molecule has 0 aliphatic rings. The molecule has 0 aliphatic heterocycles. The van der Waals surface area contributed by atoms with Crippen molar-refractivity contribution in [3.8, 4) is 0 Å². The van der Waals surface area contributed by atoms with Crippen LogP contribution in [0.3, 0.4) is 0 Å². The molecule has 0 saturated heterocycles. The first-order chi connectivity index (χ1) is 12.3. The van der Waals surface area contributed by atoms with E-state index >= 15 is 0 Å². The lowest BCUT2D eigenvalue weighted by atomic mass is 9.86. The van der Waals surface area contributed by atoms with Gasteiger partial charge < -0.3 is 15.0 Å². The fourth-order valence-electron chi connectivity index (χ4n) is 2.51. The predicted molar refractivity (Wildman–Crippen MR) is 105 cm³/mol. The first-order valence-electron chi connectivity index (χ1n) is 9.17. The summed E-state index contributed by atoms with van der Waals surface area (Å²) in [5.74, 6) is -1.46. The second-order valence-electron chi connectivity index (χ2n) is 8.33. The van der Waals surface area contributed by atoms with E-state index < -0.39 is 18.1 Å². The number of nitrogens with zero attached hydrogens (tertiary/aromatic N) is 1. The van der Waals surface area contributed by atoms with E-state index in [1.807, 2.05) is 26.0 Å². The van der Waals surface area contributed by atoms with Gasteiger partial charge in [0, 0.05) is 19.7 Å². The summed E-state index contributed by atoms with van der Waals surface area (Å²) in [5.41, 5.74) is 1.59. The molecule has 1 aromatic rings. The van der Waals surface area contributed by atoms with Crippen molar-refractivity contribution in [2.24, 2.45) is 5.92 Å². The number of rotatable bonds is 6. The average Bonchev–Trinajstić information content (AvgIpc) is 2.57. The van der Waals surface area contributed by atoms with Gasteiger partial charge in [-0.2, -0.15) is 0 Å². The van der Waals surface area contributed by atoms with Crippen molar-refractivity contribution in [2.75, 3.05) is 14.1 Å². The number of benzene rings is 1. The van der Waals surface area contributed by atoms with Crippen molar-refractivity contribution in [3.63, 3.8) is 0 Å². The van der Waals surface area contributed by atoms with E-state index in [1.54, 1.807) is 26.2 Å². The number of hydrogen-bond acceptors (Lipinski definition) is 4. The van der Waals surface area contributed by atoms with Crippen LogP contribution in [0.15, 0.2) is 24.3 Å². The van der Waals surface area contributed by atoms with Crippen molar-refractivity contribution < 1.29 is 19.1 Å². The first-order valence-corrected chi connectivity index (χ1v) is 9.17. The third kappa shape index (κ3) is 6.38. The Balaban J connectivity index is 2.86. The fraction of sp³-hybridized carbons (Fsp3) is 0.571. The fourth-order valence-corrected chi connectivity index (χ4v) is 2.51. The minimum Gasteiger partial charge on any atom is -0.451 e. The summed E-state index contributed by atoms with van der Waals surface area (Å²) in [5, 5.41) is 2.73. The van der Waals surface area contributed by atoms with E-state index in [9.17, 15) is 14.4 Å². The summed E-state index contributed by atoms with van der Waals surface area (Å²) in [7, 11) is 3.19. The normalized spacial score (nSPS) is 13.7. The zero-order valence-electron chi connectivity index (χ0n) is 17.6. The number of amides is 2. The molecule has 0 saturated carbocycles. The number of ether oxygens (including phenoxy) is 1. The highest BCUT2D eigenvalue weighted by molar-refractivity contribution is 5.97. The van der Waals surface area contributed by atoms with Gasteiger partial charge in [-0.15, -0.1) is 0 Å². The SMILES string of the molecule is CC(C)[C@H](NC(=O)c1ccc(C(C)(C)C)cc1)C(=O)O[C@H](C)C(=O)N(C)C. The van der Waals surface area contributed by atoms with E-state index in [1.165, 1.54) is 11.8 Å². The highest BCUT2D eigenvalue weighted by Crippen LogP contribution is 2.22. The monoisotopic (exact) mass is 376 g/mol. The Labute approximate surface area is 162 Å². The molecule has 6 nitrogen and oxygen atoms in total. The maximum absolute atomic E-state index is 12.6. The lowest BCUT2D eigenvalue weighted by molar-refractivity contribution is -0.160. The first kappa shape index (κ1) is 22.7. The van der Waals surface area contributed by atoms with Crippen LogP contribution >= 0.6 is 0 Å². The number of likely N-dealkylation sites (N-methyl/N-ethyl adjacent to an activating group) is 1. The number of esters is 1. The minimum atomic E-state index is -0.906. The molecule has 0 spiro atoms. The highest BCUT2D eigenvalue weighted by atomic mass is 16.5. The largest absolute Gasteiger partial charge is 0.451 e. The Hall–Kier alpha value is -2.37. The lowest BCUT2D eigenvalue weighted by Crippen LogP contribution is -2.47. The molecule has 27 heavy (non-hydrogen) atoms. The molecule has 0 unspecified atom stereocenters. The maximum Gasteiger partial charge on any atom is 0.329 e. The van der Waals surface area contributed by atoms with Gasteiger partial charge >= 0.3 is 5.97 Å². The molecule has 0 aromatic heterocycles. The molecule has 0 fully saturated rings. The number of carbonyl (C=O) groups is 3. The Morgan fingerprint density at radius 1 is 1.00 bits per heavy atom. The second-order valence-corrected chi connectivity index (χ2v) is 8.33. The smallest absolute Gasteiger partial charge is 0.329 e. The van der Waals surface area contributed by atoms with Gasteiger partial charge in [0.05, 0.1) is 0 Å². The summed E-state index contributed by atoms with van der Waals surface area (Å²) in [4.78, 5) is 38.3. The van der Waals surface area contributed by atoms with Crippen molar-refractivity contribution in [2.45, 2.75) is 59.1 Å². The zero-order chi connectivity index (χ0) is 20.9. The van der Waals surface area contributed by atoms with Crippen LogP contribution in [0.4, 0.5) is 0 Å². The van der Waals surface area contributed by atoms with Crippen molar-refractivity contribution in [1.82, 2.24) is 10.2 Å². The standard InChI is InChI=1S/C21H32N2O4/c1-13(2)17(20(26)27-14(3)19(25)23(7)8)22-18(24)15-9-11-16(12-10-15)21(4,5)6/h9-14,17H,1-8H3,(H,22,24)/t14-,17+/m1/s1. The van der Waals surface area contributed by atoms with Crippen LogP contribution in [-0.2, 0) is 19.7 Å². The summed E-state index contributed by atoms with van der Waals surface area (Å²) >= 11 is 0. The third-order valence-corrected chi connectivity index (χ3v) is 4.30. The quantitative estimate of drug-likeness (QED) is 0.775. The molecule has 6 heteroatoms. The second kappa shape index (κ2) is 9.02. The van der Waals surface area contributed by atoms with E-state index in [2.05, 4.69) is 26.1 Å². The number of nitrogens with one attached hydrogen (secondary N) is 1. The van der Waals surface area contributed by atoms with Gasteiger partial charge in [-0.25, -0.2) is 4.79 Å². The van der Waals surface area contributed by atoms with Crippen LogP contribution < -0.4 is 5.32 Å². The topological polar surface area (TPSA) is 75.7 Å². The Morgan fingerprint density at radius 2 is 1.52 bits per heavy atom. The third-order valence-electron chi connectivity index (χ3n) is 4.30. The Bertz CT molecular complexity index is 672. The van der Waals surface area contributed by atoms with Gasteiger partial charge in [0.1, 0.15) is 6.04 Å². The molecule has 150 valence electrons. The van der Waals surface area contributed by atoms with Gasteiger partial charge in [0.25, 0.3) is 11.8 Å². The van der Waals surface area contributed by atoms with E-state index in [-0.39, 0.29) is 23.1 Å². The lowest BCUT2D eigenvalue weighted by Gasteiger charge is -2.24. The molecule has 2 atom stereocenters. The number of carbonyl (C=O) groups excluding carboxylic acids is 3. The molecule has 1 aromatic carbocycles. The molecule has 0 heterocycles. The summed E-state index contributed by atoms with van der Waals surface area (Å²) in [6, 6.07) is 6.48. The van der Waals surface area contributed by atoms with Crippen LogP contribution in [0.5, 0.6) is 0 Å². The molecule has 0 radical (unpaired) electrons. The van der Waals surface area contributed by atoms with Gasteiger partial charge in [-0.1, -0.05) is 46.8 Å². The Kier molecular flexibility index (Phi) is 7.57. The predicted octanol–water partition coefficient (Wildman–Crippen LogP) is 2.76. The Morgan fingerprint density at radius 3 is 1.93 bits per heavy atom. The average molecular weight is 376 g/mol. The minimum absolute atomic E-state index is 0.00556. The summed E-state index contributed by atoms with van der Waals surface area (Å²) in [6.45, 7) is 11.4. The van der Waals surface area contributed by atoms with Crippen molar-refractivity contribution in [1.29, 1.82) is 0 Å². The van der Waals surface area contributed by atoms with E-state index in [4.69, 9.17) is 4.74 Å². The molecule has 2 amide bonds. The van der Waals surface area contributed by atoms with Crippen LogP contribution in [0.25, 0.3) is 0 Å². The summed E-state index contributed by atoms with van der Waals surface area (Å²) < 4.78 is 5.25. The van der Waals surface area contributed by atoms with E-state index in [0.29, 0.717) is 5.56 Å². The van der Waals surface area contributed by atoms with E-state index in [0.717, 1.165) is 5.56 Å².